The smallest absolute Gasteiger partial charge is 0.183 e. The highest BCUT2D eigenvalue weighted by Gasteiger charge is 2.23. The van der Waals surface area contributed by atoms with Gasteiger partial charge in [0.2, 0.25) is 0 Å². The van der Waals surface area contributed by atoms with Crippen LogP contribution in [0.1, 0.15) is 43.8 Å². The normalized spacial score (nSPS) is 11.8. The molecule has 0 radical (unpaired) electrons. The molecule has 0 N–H and O–H groups in total. The summed E-state index contributed by atoms with van der Waals surface area (Å²) in [4.78, 5) is 0. The molecule has 126 valence electrons. The molecule has 0 spiro atoms. The van der Waals surface area contributed by atoms with Crippen LogP contribution in [0.25, 0.3) is 11.3 Å². The Kier molecular flexibility index (Phi) is 5.38. The minimum absolute atomic E-state index is 0.0858. The molecule has 0 amide bonds. The summed E-state index contributed by atoms with van der Waals surface area (Å²) in [6.45, 7) is 5.90. The number of hydrogen-bond donors (Lipinski definition) is 0. The summed E-state index contributed by atoms with van der Waals surface area (Å²) in [7, 11) is 0. The predicted octanol–water partition coefficient (Wildman–Crippen LogP) is 5.83. The van der Waals surface area contributed by atoms with E-state index in [0.717, 1.165) is 22.5 Å². The van der Waals surface area contributed by atoms with Crippen LogP contribution in [0.5, 0.6) is 0 Å². The molecule has 1 atom stereocenters. The van der Waals surface area contributed by atoms with E-state index in [1.165, 1.54) is 0 Å². The lowest BCUT2D eigenvalue weighted by Gasteiger charge is -2.20. The van der Waals surface area contributed by atoms with Crippen molar-refractivity contribution in [2.45, 2.75) is 33.0 Å². The van der Waals surface area contributed by atoms with Gasteiger partial charge in [0, 0.05) is 11.1 Å². The lowest BCUT2D eigenvalue weighted by Crippen LogP contribution is -2.12. The second-order valence-corrected chi connectivity index (χ2v) is 6.11. The van der Waals surface area contributed by atoms with Gasteiger partial charge in [-0.15, -0.1) is 0 Å². The topological polar surface area (TPSA) is 22.4 Å². The Hall–Kier alpha value is -2.76. The summed E-state index contributed by atoms with van der Waals surface area (Å²) >= 11 is 0. The third-order valence-corrected chi connectivity index (χ3v) is 3.85. The van der Waals surface area contributed by atoms with Crippen molar-refractivity contribution in [2.24, 2.45) is 0 Å². The molecule has 1 aromatic heterocycles. The van der Waals surface area contributed by atoms with Crippen LogP contribution in [0.2, 0.25) is 0 Å². The highest BCUT2D eigenvalue weighted by molar-refractivity contribution is 5.61. The second-order valence-electron chi connectivity index (χ2n) is 6.11. The third-order valence-electron chi connectivity index (χ3n) is 3.85. The van der Waals surface area contributed by atoms with Crippen LogP contribution in [0.4, 0.5) is 0 Å². The monoisotopic (exact) mass is 330 g/mol. The number of rotatable bonds is 5. The summed E-state index contributed by atoms with van der Waals surface area (Å²) in [5, 5.41) is 0. The van der Waals surface area contributed by atoms with Crippen LogP contribution in [0.3, 0.4) is 0 Å². The molecule has 2 nitrogen and oxygen atoms in total. The van der Waals surface area contributed by atoms with E-state index in [9.17, 15) is 0 Å². The maximum atomic E-state index is 6.23. The zero-order valence-corrected chi connectivity index (χ0v) is 14.8. The molecule has 3 aromatic rings. The molecule has 1 heterocycles. The molecule has 2 heteroatoms. The minimum atomic E-state index is -0.210. The van der Waals surface area contributed by atoms with E-state index in [1.54, 1.807) is 0 Å². The second kappa shape index (κ2) is 7.88. The van der Waals surface area contributed by atoms with Crippen molar-refractivity contribution in [3.8, 4) is 23.2 Å². The molecule has 1 unspecified atom stereocenters. The van der Waals surface area contributed by atoms with E-state index >= 15 is 0 Å². The van der Waals surface area contributed by atoms with Gasteiger partial charge in [0.1, 0.15) is 11.9 Å². The van der Waals surface area contributed by atoms with E-state index < -0.39 is 0 Å². The zero-order chi connectivity index (χ0) is 17.6. The van der Waals surface area contributed by atoms with Gasteiger partial charge in [-0.25, -0.2) is 0 Å². The molecule has 3 rings (SSSR count). The van der Waals surface area contributed by atoms with Crippen LogP contribution in [0.15, 0.2) is 71.1 Å². The van der Waals surface area contributed by atoms with Crippen LogP contribution in [-0.2, 0) is 4.74 Å². The Bertz CT molecular complexity index is 865. The SMILES string of the molecule is CC#Cc1oc(-c2ccccc2)cc1C(OC(C)C)c1ccccc1. The summed E-state index contributed by atoms with van der Waals surface area (Å²) in [5.74, 6) is 7.51. The van der Waals surface area contributed by atoms with Crippen molar-refractivity contribution in [3.05, 3.63) is 83.6 Å². The molecule has 0 bridgehead atoms. The fourth-order valence-corrected chi connectivity index (χ4v) is 2.79. The number of furan rings is 1. The Morgan fingerprint density at radius 3 is 2.16 bits per heavy atom. The van der Waals surface area contributed by atoms with Crippen molar-refractivity contribution in [1.29, 1.82) is 0 Å². The van der Waals surface area contributed by atoms with Gasteiger partial charge < -0.3 is 9.15 Å². The number of hydrogen-bond acceptors (Lipinski definition) is 2. The maximum Gasteiger partial charge on any atom is 0.183 e. The van der Waals surface area contributed by atoms with Gasteiger partial charge in [-0.3, -0.25) is 0 Å². The van der Waals surface area contributed by atoms with Crippen molar-refractivity contribution in [1.82, 2.24) is 0 Å². The first kappa shape index (κ1) is 17.1. The largest absolute Gasteiger partial charge is 0.447 e. The first-order valence-electron chi connectivity index (χ1n) is 8.51. The van der Waals surface area contributed by atoms with Crippen molar-refractivity contribution < 1.29 is 9.15 Å². The molecular weight excluding hydrogens is 308 g/mol. The third kappa shape index (κ3) is 4.02. The molecule has 0 saturated carbocycles. The van der Waals surface area contributed by atoms with Crippen LogP contribution >= 0.6 is 0 Å². The van der Waals surface area contributed by atoms with E-state index in [2.05, 4.69) is 30.0 Å². The minimum Gasteiger partial charge on any atom is -0.447 e. The Morgan fingerprint density at radius 2 is 1.56 bits per heavy atom. The molecule has 2 aromatic carbocycles. The van der Waals surface area contributed by atoms with Crippen LogP contribution < -0.4 is 0 Å². The highest BCUT2D eigenvalue weighted by Crippen LogP contribution is 2.35. The Balaban J connectivity index is 2.11. The van der Waals surface area contributed by atoms with Gasteiger partial charge in [0.15, 0.2) is 5.76 Å². The standard InChI is InChI=1S/C23H22O2/c1-4-11-21-20(16-22(25-21)18-12-7-5-8-13-18)23(24-17(2)3)19-14-9-6-10-15-19/h5-10,12-17,23H,1-3H3. The first-order valence-corrected chi connectivity index (χ1v) is 8.51. The zero-order valence-electron chi connectivity index (χ0n) is 14.8. The molecule has 0 aliphatic heterocycles. The predicted molar refractivity (Wildman–Crippen MR) is 101 cm³/mol. The average molecular weight is 330 g/mol. The van der Waals surface area contributed by atoms with Crippen molar-refractivity contribution in [2.75, 3.05) is 0 Å². The van der Waals surface area contributed by atoms with E-state index in [4.69, 9.17) is 9.15 Å². The maximum absolute atomic E-state index is 6.23. The number of ether oxygens (including phenoxy) is 1. The van der Waals surface area contributed by atoms with Gasteiger partial charge in [0.05, 0.1) is 6.10 Å². The Labute approximate surface area is 149 Å². The molecule has 0 aliphatic rings. The van der Waals surface area contributed by atoms with Crippen LogP contribution in [-0.4, -0.2) is 6.10 Å². The van der Waals surface area contributed by atoms with E-state index in [1.807, 2.05) is 69.3 Å². The average Bonchev–Trinajstić information content (AvgIpc) is 3.05. The van der Waals surface area contributed by atoms with Gasteiger partial charge in [-0.1, -0.05) is 66.6 Å². The van der Waals surface area contributed by atoms with Crippen molar-refractivity contribution in [3.63, 3.8) is 0 Å². The van der Waals surface area contributed by atoms with Crippen LogP contribution in [0, 0.1) is 11.8 Å². The molecule has 0 saturated heterocycles. The fraction of sp³-hybridized carbons (Fsp3) is 0.217. The Morgan fingerprint density at radius 1 is 0.920 bits per heavy atom. The summed E-state index contributed by atoms with van der Waals surface area (Å²) in [6.07, 6.45) is -0.124. The number of benzene rings is 2. The van der Waals surface area contributed by atoms with E-state index in [-0.39, 0.29) is 12.2 Å². The lowest BCUT2D eigenvalue weighted by atomic mass is 10.0. The molecule has 0 fully saturated rings. The quantitative estimate of drug-likeness (QED) is 0.549. The first-order chi connectivity index (χ1) is 12.2. The van der Waals surface area contributed by atoms with Gasteiger partial charge in [0.25, 0.3) is 0 Å². The van der Waals surface area contributed by atoms with Gasteiger partial charge in [-0.05, 0) is 38.3 Å². The summed E-state index contributed by atoms with van der Waals surface area (Å²) in [6, 6.07) is 22.3. The molecular formula is C23H22O2. The van der Waals surface area contributed by atoms with Gasteiger partial charge in [-0.2, -0.15) is 0 Å². The lowest BCUT2D eigenvalue weighted by molar-refractivity contribution is 0.0299. The van der Waals surface area contributed by atoms with Gasteiger partial charge >= 0.3 is 0 Å². The molecule has 25 heavy (non-hydrogen) atoms. The van der Waals surface area contributed by atoms with Crippen molar-refractivity contribution >= 4 is 0 Å². The highest BCUT2D eigenvalue weighted by atomic mass is 16.5. The molecule has 0 aliphatic carbocycles. The summed E-state index contributed by atoms with van der Waals surface area (Å²) in [5.41, 5.74) is 3.09. The summed E-state index contributed by atoms with van der Waals surface area (Å²) < 4.78 is 12.3. The van der Waals surface area contributed by atoms with E-state index in [0.29, 0.717) is 5.76 Å². The fourth-order valence-electron chi connectivity index (χ4n) is 2.79.